The Labute approximate surface area is 196 Å². The molecule has 0 aromatic heterocycles. The molecule has 2 aromatic rings. The highest BCUT2D eigenvalue weighted by Gasteiger charge is 2.33. The Morgan fingerprint density at radius 2 is 1.67 bits per heavy atom. The molecule has 2 aromatic carbocycles. The lowest BCUT2D eigenvalue weighted by Gasteiger charge is -2.41. The topological polar surface area (TPSA) is 81.8 Å². The van der Waals surface area contributed by atoms with Crippen LogP contribution in [0.5, 0.6) is 0 Å². The van der Waals surface area contributed by atoms with Gasteiger partial charge in [-0.1, -0.05) is 61.9 Å². The quantitative estimate of drug-likeness (QED) is 0.644. The van der Waals surface area contributed by atoms with Gasteiger partial charge in [0.25, 0.3) is 0 Å². The molecule has 7 nitrogen and oxygen atoms in total. The first-order valence-electron chi connectivity index (χ1n) is 11.7. The Morgan fingerprint density at radius 1 is 1.00 bits per heavy atom. The number of carbonyl (C=O) groups excluding carboxylic acids is 3. The highest BCUT2D eigenvalue weighted by Crippen LogP contribution is 2.15. The van der Waals surface area contributed by atoms with Crippen molar-refractivity contribution in [3.63, 3.8) is 0 Å². The summed E-state index contributed by atoms with van der Waals surface area (Å²) < 4.78 is 0. The summed E-state index contributed by atoms with van der Waals surface area (Å²) in [6.07, 6.45) is 2.80. The first-order valence-corrected chi connectivity index (χ1v) is 11.7. The molecule has 2 atom stereocenters. The molecule has 176 valence electrons. The van der Waals surface area contributed by atoms with Crippen LogP contribution in [0.4, 0.5) is 10.5 Å². The van der Waals surface area contributed by atoms with Gasteiger partial charge in [-0.25, -0.2) is 4.79 Å². The molecule has 0 spiro atoms. The second-order valence-corrected chi connectivity index (χ2v) is 8.53. The summed E-state index contributed by atoms with van der Waals surface area (Å²) in [5.74, 6) is 0.0206. The van der Waals surface area contributed by atoms with E-state index in [1.165, 1.54) is 0 Å². The van der Waals surface area contributed by atoms with Crippen molar-refractivity contribution >= 4 is 23.5 Å². The number of nitrogens with one attached hydrogen (secondary N) is 2. The summed E-state index contributed by atoms with van der Waals surface area (Å²) >= 11 is 0. The van der Waals surface area contributed by atoms with E-state index in [0.29, 0.717) is 38.2 Å². The molecule has 33 heavy (non-hydrogen) atoms. The minimum Gasteiger partial charge on any atom is -0.337 e. The summed E-state index contributed by atoms with van der Waals surface area (Å²) in [6, 6.07) is 17.6. The van der Waals surface area contributed by atoms with E-state index in [1.807, 2.05) is 60.4 Å². The lowest BCUT2D eigenvalue weighted by atomic mass is 10.0. The van der Waals surface area contributed by atoms with Crippen LogP contribution in [0.2, 0.25) is 0 Å². The van der Waals surface area contributed by atoms with E-state index in [4.69, 9.17) is 0 Å². The van der Waals surface area contributed by atoms with Gasteiger partial charge in [0.05, 0.1) is 0 Å². The van der Waals surface area contributed by atoms with Crippen LogP contribution in [0.3, 0.4) is 0 Å². The summed E-state index contributed by atoms with van der Waals surface area (Å²) in [5, 5.41) is 5.66. The average molecular weight is 451 g/mol. The molecular weight excluding hydrogens is 416 g/mol. The maximum Gasteiger partial charge on any atom is 0.319 e. The van der Waals surface area contributed by atoms with Gasteiger partial charge in [0.2, 0.25) is 11.8 Å². The van der Waals surface area contributed by atoms with Crippen LogP contribution < -0.4 is 10.6 Å². The minimum atomic E-state index is -0.703. The van der Waals surface area contributed by atoms with Gasteiger partial charge in [0, 0.05) is 44.2 Å². The predicted octanol–water partition coefficient (Wildman–Crippen LogP) is 3.67. The Hall–Kier alpha value is -3.35. The van der Waals surface area contributed by atoms with Crippen molar-refractivity contribution in [2.45, 2.75) is 51.6 Å². The number of urea groups is 1. The van der Waals surface area contributed by atoms with Crippen molar-refractivity contribution < 1.29 is 14.4 Å². The fourth-order valence-electron chi connectivity index (χ4n) is 4.12. The Morgan fingerprint density at radius 3 is 2.30 bits per heavy atom. The van der Waals surface area contributed by atoms with Gasteiger partial charge in [0.15, 0.2) is 0 Å². The smallest absolute Gasteiger partial charge is 0.319 e. The van der Waals surface area contributed by atoms with Crippen molar-refractivity contribution in [1.82, 2.24) is 15.1 Å². The van der Waals surface area contributed by atoms with E-state index in [0.717, 1.165) is 18.4 Å². The number of hydrogen-bond donors (Lipinski definition) is 2. The molecule has 0 bridgehead atoms. The number of carbonyl (C=O) groups is 3. The van der Waals surface area contributed by atoms with E-state index < -0.39 is 12.1 Å². The highest BCUT2D eigenvalue weighted by molar-refractivity contribution is 5.94. The first kappa shape index (κ1) is 24.3. The summed E-state index contributed by atoms with van der Waals surface area (Å²) in [4.78, 5) is 42.3. The largest absolute Gasteiger partial charge is 0.337 e. The van der Waals surface area contributed by atoms with Crippen LogP contribution in [0.1, 0.15) is 38.7 Å². The summed E-state index contributed by atoms with van der Waals surface area (Å²) in [7, 11) is 0. The Kier molecular flexibility index (Phi) is 8.87. The average Bonchev–Trinajstić information content (AvgIpc) is 2.82. The second kappa shape index (κ2) is 12.0. The normalized spacial score (nSPS) is 16.7. The highest BCUT2D eigenvalue weighted by atomic mass is 16.2. The van der Waals surface area contributed by atoms with Crippen LogP contribution >= 0.6 is 0 Å². The van der Waals surface area contributed by atoms with Crippen molar-refractivity contribution in [3.05, 3.63) is 66.2 Å². The lowest BCUT2D eigenvalue weighted by Crippen LogP contribution is -2.59. The summed E-state index contributed by atoms with van der Waals surface area (Å²) in [5.41, 5.74) is 1.63. The van der Waals surface area contributed by atoms with Gasteiger partial charge in [-0.05, 0) is 31.0 Å². The zero-order valence-corrected chi connectivity index (χ0v) is 19.5. The van der Waals surface area contributed by atoms with Gasteiger partial charge in [-0.2, -0.15) is 0 Å². The molecule has 1 fully saturated rings. The maximum absolute atomic E-state index is 13.5. The van der Waals surface area contributed by atoms with Gasteiger partial charge in [-0.15, -0.1) is 0 Å². The molecule has 1 aliphatic rings. The van der Waals surface area contributed by atoms with Crippen LogP contribution in [-0.4, -0.2) is 59.4 Å². The van der Waals surface area contributed by atoms with Gasteiger partial charge >= 0.3 is 6.03 Å². The standard InChI is InChI=1S/C26H34N4O3/c1-3-4-15-24(31)30-17-16-29(19-20(30)2)25(32)23(18-21-11-7-5-8-12-21)28-26(33)27-22-13-9-6-10-14-22/h5-14,20,23H,3-4,15-19H2,1-2H3,(H2,27,28,33). The third kappa shape index (κ3) is 7.07. The van der Waals surface area contributed by atoms with Crippen molar-refractivity contribution in [1.29, 1.82) is 0 Å². The molecule has 0 saturated carbocycles. The number of rotatable bonds is 8. The van der Waals surface area contributed by atoms with E-state index in [2.05, 4.69) is 17.6 Å². The third-order valence-corrected chi connectivity index (χ3v) is 5.92. The lowest BCUT2D eigenvalue weighted by molar-refractivity contribution is -0.143. The molecule has 1 saturated heterocycles. The number of amides is 4. The molecule has 2 unspecified atom stereocenters. The van der Waals surface area contributed by atoms with Crippen molar-refractivity contribution in [3.8, 4) is 0 Å². The number of para-hydroxylation sites is 1. The number of anilines is 1. The van der Waals surface area contributed by atoms with E-state index >= 15 is 0 Å². The monoisotopic (exact) mass is 450 g/mol. The molecular formula is C26H34N4O3. The van der Waals surface area contributed by atoms with Crippen molar-refractivity contribution in [2.24, 2.45) is 0 Å². The molecule has 2 N–H and O–H groups in total. The Balaban J connectivity index is 1.67. The molecule has 3 rings (SSSR count). The van der Waals surface area contributed by atoms with Gasteiger partial charge in [0.1, 0.15) is 6.04 Å². The number of nitrogens with zero attached hydrogens (tertiary/aromatic N) is 2. The molecule has 0 radical (unpaired) electrons. The molecule has 4 amide bonds. The van der Waals surface area contributed by atoms with E-state index in [1.54, 1.807) is 17.0 Å². The molecule has 1 heterocycles. The van der Waals surface area contributed by atoms with E-state index in [-0.39, 0.29) is 17.9 Å². The molecule has 0 aliphatic carbocycles. The minimum absolute atomic E-state index is 0.0532. The second-order valence-electron chi connectivity index (χ2n) is 8.53. The number of hydrogen-bond acceptors (Lipinski definition) is 3. The third-order valence-electron chi connectivity index (χ3n) is 5.92. The van der Waals surface area contributed by atoms with Crippen LogP contribution in [0.15, 0.2) is 60.7 Å². The fraction of sp³-hybridized carbons (Fsp3) is 0.423. The summed E-state index contributed by atoms with van der Waals surface area (Å²) in [6.45, 7) is 5.49. The van der Waals surface area contributed by atoms with Crippen molar-refractivity contribution in [2.75, 3.05) is 25.0 Å². The number of piperazine rings is 1. The van der Waals surface area contributed by atoms with E-state index in [9.17, 15) is 14.4 Å². The predicted molar refractivity (Wildman–Crippen MR) is 130 cm³/mol. The number of unbranched alkanes of at least 4 members (excludes halogenated alkanes) is 1. The first-order chi connectivity index (χ1) is 16.0. The van der Waals surface area contributed by atoms with Crippen LogP contribution in [-0.2, 0) is 16.0 Å². The zero-order valence-electron chi connectivity index (χ0n) is 19.5. The molecule has 1 aliphatic heterocycles. The maximum atomic E-state index is 13.5. The Bertz CT molecular complexity index is 920. The van der Waals surface area contributed by atoms with Crippen LogP contribution in [0, 0.1) is 0 Å². The van der Waals surface area contributed by atoms with Gasteiger partial charge < -0.3 is 20.4 Å². The van der Waals surface area contributed by atoms with Gasteiger partial charge in [-0.3, -0.25) is 9.59 Å². The van der Waals surface area contributed by atoms with Crippen LogP contribution in [0.25, 0.3) is 0 Å². The zero-order chi connectivity index (χ0) is 23.6. The number of benzene rings is 2. The fourth-order valence-corrected chi connectivity index (χ4v) is 4.12. The SMILES string of the molecule is CCCCC(=O)N1CCN(C(=O)C(Cc2ccccc2)NC(=O)Nc2ccccc2)CC1C. The molecule has 7 heteroatoms.